The summed E-state index contributed by atoms with van der Waals surface area (Å²) in [6, 6.07) is 8.40. The summed E-state index contributed by atoms with van der Waals surface area (Å²) < 4.78 is 6.06. The number of hydrogen-bond acceptors (Lipinski definition) is 3. The highest BCUT2D eigenvalue weighted by atomic mass is 16.3. The normalized spacial score (nSPS) is 15.8. The fraction of sp³-hybridized carbons (Fsp3) is 0.556. The summed E-state index contributed by atoms with van der Waals surface area (Å²) in [4.78, 5) is 2.45. The Balaban J connectivity index is 1.79. The first-order valence-corrected chi connectivity index (χ1v) is 8.16. The van der Waals surface area contributed by atoms with Gasteiger partial charge in [-0.1, -0.05) is 31.5 Å². The van der Waals surface area contributed by atoms with Crippen molar-refractivity contribution in [3.63, 3.8) is 0 Å². The number of nitrogens with zero attached hydrogens (tertiary/aromatic N) is 1. The van der Waals surface area contributed by atoms with Crippen LogP contribution >= 0.6 is 0 Å². The monoisotopic (exact) mass is 286 g/mol. The van der Waals surface area contributed by atoms with Crippen molar-refractivity contribution in [2.75, 3.05) is 20.1 Å². The second kappa shape index (κ2) is 6.63. The Kier molecular flexibility index (Phi) is 4.61. The van der Waals surface area contributed by atoms with Crippen LogP contribution in [-0.4, -0.2) is 25.0 Å². The second-order valence-corrected chi connectivity index (χ2v) is 6.27. The van der Waals surface area contributed by atoms with Crippen LogP contribution in [0.5, 0.6) is 0 Å². The zero-order valence-corrected chi connectivity index (χ0v) is 13.2. The van der Waals surface area contributed by atoms with Crippen molar-refractivity contribution in [1.29, 1.82) is 0 Å². The van der Waals surface area contributed by atoms with Crippen LogP contribution in [0.3, 0.4) is 0 Å². The highest BCUT2D eigenvalue weighted by molar-refractivity contribution is 5.82. The molecule has 1 aromatic carbocycles. The maximum Gasteiger partial charge on any atom is 0.134 e. The minimum Gasteiger partial charge on any atom is -0.459 e. The van der Waals surface area contributed by atoms with Gasteiger partial charge in [-0.3, -0.25) is 0 Å². The minimum absolute atomic E-state index is 0.817. The number of rotatable bonds is 7. The summed E-state index contributed by atoms with van der Waals surface area (Å²) in [5.74, 6) is 2.00. The van der Waals surface area contributed by atoms with Crippen molar-refractivity contribution < 1.29 is 4.42 Å². The number of hydrogen-bond donors (Lipinski definition) is 1. The molecule has 1 fully saturated rings. The van der Waals surface area contributed by atoms with E-state index < -0.39 is 0 Å². The first-order valence-electron chi connectivity index (χ1n) is 8.16. The van der Waals surface area contributed by atoms with Crippen LogP contribution < -0.4 is 5.32 Å². The summed E-state index contributed by atoms with van der Waals surface area (Å²) in [6.07, 6.45) is 4.22. The highest BCUT2D eigenvalue weighted by Gasteiger charge is 2.21. The van der Waals surface area contributed by atoms with Crippen LogP contribution in [0.2, 0.25) is 0 Å². The van der Waals surface area contributed by atoms with Crippen molar-refractivity contribution >= 4 is 11.0 Å². The maximum atomic E-state index is 6.06. The van der Waals surface area contributed by atoms with Crippen molar-refractivity contribution in [3.8, 4) is 0 Å². The van der Waals surface area contributed by atoms with Gasteiger partial charge in [0.05, 0.1) is 6.54 Å². The summed E-state index contributed by atoms with van der Waals surface area (Å²) in [7, 11) is 2.23. The average molecular weight is 286 g/mol. The van der Waals surface area contributed by atoms with Crippen LogP contribution in [-0.2, 0) is 13.1 Å². The molecule has 1 N–H and O–H groups in total. The summed E-state index contributed by atoms with van der Waals surface area (Å²) >= 11 is 0. The van der Waals surface area contributed by atoms with Crippen molar-refractivity contribution in [2.45, 2.75) is 39.3 Å². The second-order valence-electron chi connectivity index (χ2n) is 6.27. The van der Waals surface area contributed by atoms with Crippen molar-refractivity contribution in [3.05, 3.63) is 35.6 Å². The molecule has 0 aliphatic heterocycles. The third-order valence-electron chi connectivity index (χ3n) is 4.54. The van der Waals surface area contributed by atoms with Gasteiger partial charge in [0, 0.05) is 24.0 Å². The molecule has 1 saturated carbocycles. The van der Waals surface area contributed by atoms with Gasteiger partial charge in [0.1, 0.15) is 11.3 Å². The summed E-state index contributed by atoms with van der Waals surface area (Å²) in [5, 5.41) is 4.66. The van der Waals surface area contributed by atoms with E-state index in [1.54, 1.807) is 0 Å². The smallest absolute Gasteiger partial charge is 0.134 e. The third-order valence-corrected chi connectivity index (χ3v) is 4.54. The molecule has 0 spiro atoms. The lowest BCUT2D eigenvalue weighted by Gasteiger charge is -2.30. The molecule has 0 bridgehead atoms. The molecule has 21 heavy (non-hydrogen) atoms. The molecule has 0 amide bonds. The van der Waals surface area contributed by atoms with Gasteiger partial charge in [-0.15, -0.1) is 0 Å². The van der Waals surface area contributed by atoms with E-state index in [4.69, 9.17) is 4.42 Å². The standard InChI is InChI=1S/C18H26N2O/c1-3-19-11-18-16(13-20(2)12-14-7-6-8-14)15-9-4-5-10-17(15)21-18/h4-5,9-10,14,19H,3,6-8,11-13H2,1-2H3. The summed E-state index contributed by atoms with van der Waals surface area (Å²) in [5.41, 5.74) is 2.37. The first-order chi connectivity index (χ1) is 10.3. The first kappa shape index (κ1) is 14.6. The topological polar surface area (TPSA) is 28.4 Å². The fourth-order valence-corrected chi connectivity index (χ4v) is 3.15. The lowest BCUT2D eigenvalue weighted by Crippen LogP contribution is -2.29. The van der Waals surface area contributed by atoms with Crippen molar-refractivity contribution in [2.24, 2.45) is 5.92 Å². The van der Waals surface area contributed by atoms with Crippen LogP contribution in [0.15, 0.2) is 28.7 Å². The maximum absolute atomic E-state index is 6.06. The lowest BCUT2D eigenvalue weighted by molar-refractivity contribution is 0.200. The SMILES string of the molecule is CCNCc1oc2ccccc2c1CN(C)CC1CCC1. The van der Waals surface area contributed by atoms with Gasteiger partial charge in [-0.05, 0) is 38.4 Å². The highest BCUT2D eigenvalue weighted by Crippen LogP contribution is 2.30. The van der Waals surface area contributed by atoms with Gasteiger partial charge in [0.15, 0.2) is 0 Å². The van der Waals surface area contributed by atoms with E-state index in [9.17, 15) is 0 Å². The van der Waals surface area contributed by atoms with E-state index in [-0.39, 0.29) is 0 Å². The Labute approximate surface area is 127 Å². The molecule has 3 heteroatoms. The number of para-hydroxylation sites is 1. The van der Waals surface area contributed by atoms with Crippen molar-refractivity contribution in [1.82, 2.24) is 10.2 Å². The minimum atomic E-state index is 0.817. The summed E-state index contributed by atoms with van der Waals surface area (Å²) in [6.45, 7) is 6.10. The van der Waals surface area contributed by atoms with Crippen LogP contribution in [0.1, 0.15) is 37.5 Å². The average Bonchev–Trinajstić information content (AvgIpc) is 2.79. The van der Waals surface area contributed by atoms with Gasteiger partial charge >= 0.3 is 0 Å². The van der Waals surface area contributed by atoms with Gasteiger partial charge < -0.3 is 14.6 Å². The molecule has 114 valence electrons. The fourth-order valence-electron chi connectivity index (χ4n) is 3.15. The predicted molar refractivity (Wildman–Crippen MR) is 87.3 cm³/mol. The van der Waals surface area contributed by atoms with Crippen LogP contribution in [0.4, 0.5) is 0 Å². The largest absolute Gasteiger partial charge is 0.459 e. The molecule has 1 aliphatic carbocycles. The number of nitrogens with one attached hydrogen (secondary N) is 1. The van der Waals surface area contributed by atoms with Gasteiger partial charge in [0.25, 0.3) is 0 Å². The Morgan fingerprint density at radius 2 is 2.10 bits per heavy atom. The number of fused-ring (bicyclic) bond motifs is 1. The van der Waals surface area contributed by atoms with E-state index in [0.29, 0.717) is 0 Å². The molecule has 1 aromatic heterocycles. The zero-order valence-electron chi connectivity index (χ0n) is 13.2. The molecule has 0 atom stereocenters. The van der Waals surface area contributed by atoms with Gasteiger partial charge in [-0.2, -0.15) is 0 Å². The molecule has 1 heterocycles. The third kappa shape index (κ3) is 3.30. The lowest BCUT2D eigenvalue weighted by atomic mass is 9.85. The Morgan fingerprint density at radius 1 is 1.29 bits per heavy atom. The van der Waals surface area contributed by atoms with E-state index in [2.05, 4.69) is 42.4 Å². The van der Waals surface area contributed by atoms with E-state index in [0.717, 1.165) is 36.9 Å². The van der Waals surface area contributed by atoms with Crippen LogP contribution in [0.25, 0.3) is 11.0 Å². The Hall–Kier alpha value is -1.32. The molecule has 2 aromatic rings. The molecular formula is C18H26N2O. The van der Waals surface area contributed by atoms with Gasteiger partial charge in [0.2, 0.25) is 0 Å². The zero-order chi connectivity index (χ0) is 14.7. The Bertz CT molecular complexity index is 586. The molecule has 3 rings (SSSR count). The molecule has 0 unspecified atom stereocenters. The number of furan rings is 1. The van der Waals surface area contributed by atoms with E-state index >= 15 is 0 Å². The molecule has 0 saturated heterocycles. The Morgan fingerprint density at radius 3 is 2.81 bits per heavy atom. The molecular weight excluding hydrogens is 260 g/mol. The van der Waals surface area contributed by atoms with E-state index in [1.165, 1.54) is 36.8 Å². The predicted octanol–water partition coefficient (Wildman–Crippen LogP) is 3.77. The van der Waals surface area contributed by atoms with E-state index in [1.807, 2.05) is 6.07 Å². The molecule has 3 nitrogen and oxygen atoms in total. The quantitative estimate of drug-likeness (QED) is 0.840. The van der Waals surface area contributed by atoms with Crippen LogP contribution in [0, 0.1) is 5.92 Å². The van der Waals surface area contributed by atoms with Gasteiger partial charge in [-0.25, -0.2) is 0 Å². The molecule has 1 aliphatic rings. The number of benzene rings is 1. The molecule has 0 radical (unpaired) electrons.